The number of ether oxygens (including phenoxy) is 2. The molecule has 2 aliphatic rings. The molecule has 14 nitrogen and oxygen atoms in total. The maximum Gasteiger partial charge on any atom is 0.407 e. The molecule has 2 aliphatic heterocycles. The second-order valence-electron chi connectivity index (χ2n) is 14.8. The fraction of sp³-hybridized carbons (Fsp3) is 0.450. The monoisotopic (exact) mass is 772 g/mol. The zero-order valence-corrected chi connectivity index (χ0v) is 32.1. The predicted octanol–water partition coefficient (Wildman–Crippen LogP) is 5.62. The maximum atomic E-state index is 14.8. The van der Waals surface area contributed by atoms with Crippen LogP contribution in [0, 0.1) is 23.8 Å². The molecule has 0 bridgehead atoms. The number of carbonyl (C=O) groups is 4. The Morgan fingerprint density at radius 2 is 1.54 bits per heavy atom. The molecule has 0 radical (unpaired) electrons. The quantitative estimate of drug-likeness (QED) is 0.185. The summed E-state index contributed by atoms with van der Waals surface area (Å²) >= 11 is 0. The number of methoxy groups -OCH3 is 2. The molecule has 0 saturated carbocycles. The van der Waals surface area contributed by atoms with E-state index in [1.807, 2.05) is 50.2 Å². The van der Waals surface area contributed by atoms with Crippen molar-refractivity contribution in [2.24, 2.45) is 11.8 Å². The lowest BCUT2D eigenvalue weighted by atomic mass is 10.0. The first-order chi connectivity index (χ1) is 26.7. The average molecular weight is 773 g/mol. The lowest BCUT2D eigenvalue weighted by Gasteiger charge is -2.30. The van der Waals surface area contributed by atoms with Crippen LogP contribution in [0.1, 0.15) is 76.3 Å². The van der Waals surface area contributed by atoms with Crippen molar-refractivity contribution in [1.29, 1.82) is 0 Å². The fourth-order valence-electron chi connectivity index (χ4n) is 7.27. The van der Waals surface area contributed by atoms with Gasteiger partial charge in [0.15, 0.2) is 0 Å². The van der Waals surface area contributed by atoms with Crippen LogP contribution in [-0.2, 0) is 19.1 Å². The Morgan fingerprint density at radius 3 is 2.20 bits per heavy atom. The molecule has 4 amide bonds. The van der Waals surface area contributed by atoms with E-state index in [0.29, 0.717) is 24.5 Å². The average Bonchev–Trinajstić information content (AvgIpc) is 4.00. The van der Waals surface area contributed by atoms with Crippen LogP contribution in [0.5, 0.6) is 0 Å². The van der Waals surface area contributed by atoms with Crippen molar-refractivity contribution in [3.05, 3.63) is 72.2 Å². The fourth-order valence-corrected chi connectivity index (χ4v) is 7.27. The molecule has 4 atom stereocenters. The number of halogens is 2. The van der Waals surface area contributed by atoms with E-state index in [1.54, 1.807) is 41.9 Å². The number of nitrogens with one attached hydrogen (secondary N) is 3. The van der Waals surface area contributed by atoms with Crippen LogP contribution >= 0.6 is 0 Å². The van der Waals surface area contributed by atoms with Gasteiger partial charge in [-0.2, -0.15) is 0 Å². The number of fused-ring (bicyclic) bond motifs is 1. The van der Waals surface area contributed by atoms with Crippen molar-refractivity contribution in [2.75, 3.05) is 27.3 Å². The van der Waals surface area contributed by atoms with Gasteiger partial charge in [-0.3, -0.25) is 14.2 Å². The molecule has 2 aromatic carbocycles. The van der Waals surface area contributed by atoms with Crippen LogP contribution in [0.3, 0.4) is 0 Å². The number of hydrogen-bond acceptors (Lipinski definition) is 8. The maximum absolute atomic E-state index is 14.8. The number of hydrogen-bond donors (Lipinski definition) is 3. The lowest BCUT2D eigenvalue weighted by molar-refractivity contribution is -0.137. The van der Waals surface area contributed by atoms with Crippen molar-refractivity contribution < 1.29 is 37.4 Å². The Bertz CT molecular complexity index is 2170. The zero-order valence-electron chi connectivity index (χ0n) is 32.1. The number of H-pyrrole nitrogens is 1. The number of nitrogens with zero attached hydrogens (tertiary/aromatic N) is 5. The van der Waals surface area contributed by atoms with Crippen LogP contribution in [0.2, 0.25) is 0 Å². The predicted molar refractivity (Wildman–Crippen MR) is 202 cm³/mol. The van der Waals surface area contributed by atoms with E-state index in [4.69, 9.17) is 4.74 Å². The lowest BCUT2D eigenvalue weighted by Crippen LogP contribution is -2.51. The van der Waals surface area contributed by atoms with E-state index in [2.05, 4.69) is 42.3 Å². The van der Waals surface area contributed by atoms with Gasteiger partial charge in [0.25, 0.3) is 5.92 Å². The molecule has 6 rings (SSSR count). The molecule has 2 fully saturated rings. The summed E-state index contributed by atoms with van der Waals surface area (Å²) in [5, 5.41) is 6.97. The van der Waals surface area contributed by atoms with E-state index in [1.165, 1.54) is 14.2 Å². The molecule has 4 aromatic rings. The summed E-state index contributed by atoms with van der Waals surface area (Å²) < 4.78 is 40.7. The largest absolute Gasteiger partial charge is 0.453 e. The summed E-state index contributed by atoms with van der Waals surface area (Å²) in [6.07, 6.45) is 4.37. The Balaban J connectivity index is 1.18. The van der Waals surface area contributed by atoms with Crippen molar-refractivity contribution >= 4 is 34.8 Å². The smallest absolute Gasteiger partial charge is 0.407 e. The molecule has 296 valence electrons. The molecule has 4 heterocycles. The highest BCUT2D eigenvalue weighted by Crippen LogP contribution is 2.41. The van der Waals surface area contributed by atoms with Crippen LogP contribution in [0.25, 0.3) is 22.0 Å². The van der Waals surface area contributed by atoms with Gasteiger partial charge in [0.1, 0.15) is 23.7 Å². The van der Waals surface area contributed by atoms with Gasteiger partial charge in [-0.25, -0.2) is 28.3 Å². The van der Waals surface area contributed by atoms with Crippen LogP contribution < -0.4 is 10.6 Å². The minimum Gasteiger partial charge on any atom is -0.453 e. The second-order valence-corrected chi connectivity index (χ2v) is 14.8. The van der Waals surface area contributed by atoms with Crippen molar-refractivity contribution in [2.45, 2.75) is 77.0 Å². The molecule has 0 aliphatic carbocycles. The van der Waals surface area contributed by atoms with Gasteiger partial charge in [0.2, 0.25) is 11.8 Å². The minimum atomic E-state index is -3.14. The van der Waals surface area contributed by atoms with Crippen molar-refractivity contribution in [1.82, 2.24) is 40.0 Å². The molecule has 56 heavy (non-hydrogen) atoms. The summed E-state index contributed by atoms with van der Waals surface area (Å²) in [5.74, 6) is -0.436. The van der Waals surface area contributed by atoms with Gasteiger partial charge in [-0.05, 0) is 59.6 Å². The Labute approximate surface area is 323 Å². The number of benzene rings is 2. The van der Waals surface area contributed by atoms with E-state index in [9.17, 15) is 28.0 Å². The van der Waals surface area contributed by atoms with Gasteiger partial charge < -0.3 is 34.9 Å². The number of imidazole rings is 2. The number of aromatic nitrogens is 4. The van der Waals surface area contributed by atoms with Gasteiger partial charge in [0, 0.05) is 42.5 Å². The molecule has 4 unspecified atom stereocenters. The molecular weight excluding hydrogens is 726 g/mol. The highest BCUT2D eigenvalue weighted by molar-refractivity contribution is 5.89. The third-order valence-corrected chi connectivity index (χ3v) is 10.2. The van der Waals surface area contributed by atoms with E-state index in [-0.39, 0.29) is 29.6 Å². The zero-order chi connectivity index (χ0) is 40.3. The number of carbonyl (C=O) groups excluding carboxylic acids is 4. The summed E-state index contributed by atoms with van der Waals surface area (Å²) in [4.78, 5) is 66.0. The summed E-state index contributed by atoms with van der Waals surface area (Å²) in [7, 11) is 2.43. The summed E-state index contributed by atoms with van der Waals surface area (Å²) in [6.45, 7) is 6.90. The van der Waals surface area contributed by atoms with E-state index < -0.39 is 55.1 Å². The number of alkyl carbamates (subject to hydrolysis) is 2. The molecule has 3 N–H and O–H groups in total. The first kappa shape index (κ1) is 39.7. The number of amides is 4. The van der Waals surface area contributed by atoms with E-state index in [0.717, 1.165) is 33.2 Å². The van der Waals surface area contributed by atoms with Gasteiger partial charge in [-0.1, -0.05) is 45.9 Å². The summed E-state index contributed by atoms with van der Waals surface area (Å²) in [5.41, 5.74) is 2.11. The SMILES string of the molecule is COC(=O)NC(C(=O)N1CC(F)(F)CC1c1ncc(-c2ccc3cc(C#Cn4ccnc4C4CCCN4C(=O)C(NC(=O)OC)C(C)C)ccc3c2)[nH]1)C(C)C. The number of alkyl halides is 2. The Kier molecular flexibility index (Phi) is 11.6. The van der Waals surface area contributed by atoms with Crippen molar-refractivity contribution in [3.8, 4) is 23.2 Å². The number of aromatic amines is 1. The van der Waals surface area contributed by atoms with Gasteiger partial charge in [0.05, 0.1) is 44.7 Å². The Hall–Kier alpha value is -5.98. The molecule has 2 saturated heterocycles. The van der Waals surface area contributed by atoms with Gasteiger partial charge in [-0.15, -0.1) is 0 Å². The van der Waals surface area contributed by atoms with Crippen LogP contribution in [-0.4, -0.2) is 98.6 Å². The molecule has 16 heteroatoms. The van der Waals surface area contributed by atoms with Crippen LogP contribution in [0.4, 0.5) is 18.4 Å². The first-order valence-electron chi connectivity index (χ1n) is 18.5. The van der Waals surface area contributed by atoms with Gasteiger partial charge >= 0.3 is 12.2 Å². The number of likely N-dealkylation sites (tertiary alicyclic amines) is 2. The highest BCUT2D eigenvalue weighted by atomic mass is 19.3. The third kappa shape index (κ3) is 8.46. The normalized spacial score (nSPS) is 18.8. The molecule has 0 spiro atoms. The number of rotatable bonds is 9. The van der Waals surface area contributed by atoms with E-state index >= 15 is 0 Å². The molecular formula is C40H46F2N8O6. The topological polar surface area (TPSA) is 164 Å². The first-order valence-corrected chi connectivity index (χ1v) is 18.5. The minimum absolute atomic E-state index is 0.152. The van der Waals surface area contributed by atoms with Crippen LogP contribution in [0.15, 0.2) is 55.0 Å². The molecule has 2 aromatic heterocycles. The third-order valence-electron chi connectivity index (χ3n) is 10.2. The second kappa shape index (κ2) is 16.4. The Morgan fingerprint density at radius 1 is 0.893 bits per heavy atom. The van der Waals surface area contributed by atoms with Crippen molar-refractivity contribution in [3.63, 3.8) is 0 Å². The highest BCUT2D eigenvalue weighted by Gasteiger charge is 2.50. The summed E-state index contributed by atoms with van der Waals surface area (Å²) in [6, 6.07) is 11.6. The standard InChI is InChI=1S/C40H46F2N8O6/c1-23(2)32(46-38(53)55-5)36(51)49-15-7-8-30(49)35-43-14-17-48(35)16-13-25-9-10-27-19-28(12-11-26(27)18-25)29-21-44-34(45-29)31-20-40(41,42)22-50(31)37(52)33(24(3)4)47-39(54)56-6/h9-12,14,17-19,21,23-24,30-33H,7-8,15,20,22H2,1-6H3,(H,44,45)(H,46,53)(H,47,54).